The van der Waals surface area contributed by atoms with Gasteiger partial charge in [0.05, 0.1) is 11.6 Å². The van der Waals surface area contributed by atoms with E-state index in [0.717, 1.165) is 18.5 Å². The molecule has 1 aromatic carbocycles. The topological polar surface area (TPSA) is 27.0 Å². The highest BCUT2D eigenvalue weighted by Gasteiger charge is 2.08. The zero-order valence-electron chi connectivity index (χ0n) is 9.70. The van der Waals surface area contributed by atoms with Crippen LogP contribution in [-0.2, 0) is 0 Å². The van der Waals surface area contributed by atoms with Crippen LogP contribution >= 0.6 is 0 Å². The normalized spacial score (nSPS) is 10.1. The van der Waals surface area contributed by atoms with Crippen molar-refractivity contribution in [1.82, 2.24) is 0 Å². The minimum absolute atomic E-state index is 0.498. The summed E-state index contributed by atoms with van der Waals surface area (Å²) in [6, 6.07) is 10.4. The Kier molecular flexibility index (Phi) is 4.17. The van der Waals surface area contributed by atoms with Gasteiger partial charge in [0.15, 0.2) is 0 Å². The Morgan fingerprint density at radius 2 is 1.87 bits per heavy atom. The van der Waals surface area contributed by atoms with E-state index < -0.39 is 0 Å². The predicted molar refractivity (Wildman–Crippen MR) is 63.9 cm³/mol. The van der Waals surface area contributed by atoms with E-state index in [4.69, 9.17) is 5.26 Å². The molecule has 0 saturated heterocycles. The van der Waals surface area contributed by atoms with Gasteiger partial charge < -0.3 is 4.90 Å². The summed E-state index contributed by atoms with van der Waals surface area (Å²) < 4.78 is 0. The number of hydrogen-bond donors (Lipinski definition) is 0. The highest BCUT2D eigenvalue weighted by molar-refractivity contribution is 5.50. The Balaban J connectivity index is 2.87. The van der Waals surface area contributed by atoms with Crippen LogP contribution in [0.2, 0.25) is 0 Å². The number of rotatable bonds is 4. The largest absolute Gasteiger partial charge is 0.369 e. The Bertz CT molecular complexity index is 333. The fourth-order valence-electron chi connectivity index (χ4n) is 1.65. The average molecular weight is 202 g/mol. The maximum atomic E-state index is 8.72. The van der Waals surface area contributed by atoms with E-state index in [9.17, 15) is 0 Å². The van der Waals surface area contributed by atoms with Crippen LogP contribution in [0.1, 0.15) is 32.8 Å². The van der Waals surface area contributed by atoms with Crippen molar-refractivity contribution in [3.8, 4) is 6.07 Å². The zero-order valence-corrected chi connectivity index (χ0v) is 9.70. The Morgan fingerprint density at radius 3 is 2.27 bits per heavy atom. The Hall–Kier alpha value is -1.49. The van der Waals surface area contributed by atoms with Gasteiger partial charge in [-0.25, -0.2) is 0 Å². The molecule has 2 nitrogen and oxygen atoms in total. The second kappa shape index (κ2) is 5.41. The van der Waals surface area contributed by atoms with Crippen LogP contribution in [0.3, 0.4) is 0 Å². The second-order valence-corrected chi connectivity index (χ2v) is 3.95. The van der Waals surface area contributed by atoms with Crippen molar-refractivity contribution in [2.24, 2.45) is 0 Å². The summed E-state index contributed by atoms with van der Waals surface area (Å²) in [7, 11) is 0. The van der Waals surface area contributed by atoms with Crippen LogP contribution < -0.4 is 4.90 Å². The molecule has 0 N–H and O–H groups in total. The molecule has 0 aromatic heterocycles. The highest BCUT2D eigenvalue weighted by atomic mass is 15.1. The molecule has 0 aliphatic rings. The summed E-state index contributed by atoms with van der Waals surface area (Å²) in [5, 5.41) is 8.72. The van der Waals surface area contributed by atoms with Crippen LogP contribution in [0.25, 0.3) is 0 Å². The Labute approximate surface area is 92.1 Å². The first-order valence-corrected chi connectivity index (χ1v) is 5.45. The van der Waals surface area contributed by atoms with E-state index in [1.54, 1.807) is 0 Å². The van der Waals surface area contributed by atoms with Crippen molar-refractivity contribution < 1.29 is 0 Å². The van der Waals surface area contributed by atoms with Crippen molar-refractivity contribution in [3.05, 3.63) is 29.8 Å². The summed E-state index contributed by atoms with van der Waals surface area (Å²) in [5.74, 6) is 0. The van der Waals surface area contributed by atoms with E-state index in [1.165, 1.54) is 5.69 Å². The molecular weight excluding hydrogens is 184 g/mol. The molecule has 0 spiro atoms. The molecule has 0 amide bonds. The van der Waals surface area contributed by atoms with E-state index >= 15 is 0 Å². The maximum Gasteiger partial charge on any atom is 0.0991 e. The van der Waals surface area contributed by atoms with E-state index in [-0.39, 0.29) is 0 Å². The smallest absolute Gasteiger partial charge is 0.0991 e. The fraction of sp³-hybridized carbons (Fsp3) is 0.462. The quantitative estimate of drug-likeness (QED) is 0.749. The van der Waals surface area contributed by atoms with Gasteiger partial charge in [-0.2, -0.15) is 5.26 Å². The second-order valence-electron chi connectivity index (χ2n) is 3.95. The van der Waals surface area contributed by atoms with E-state index in [1.807, 2.05) is 24.3 Å². The molecule has 0 aliphatic heterocycles. The van der Waals surface area contributed by atoms with Crippen LogP contribution in [0.5, 0.6) is 0 Å². The van der Waals surface area contributed by atoms with Gasteiger partial charge in [0.25, 0.3) is 0 Å². The molecule has 0 saturated carbocycles. The molecule has 0 bridgehead atoms. The molecule has 15 heavy (non-hydrogen) atoms. The lowest BCUT2D eigenvalue weighted by atomic mass is 10.2. The number of nitrogens with zero attached hydrogens (tertiary/aromatic N) is 2. The molecule has 0 aliphatic carbocycles. The molecule has 0 radical (unpaired) electrons. The molecule has 0 fully saturated rings. The molecule has 0 unspecified atom stereocenters. The third-order valence-electron chi connectivity index (χ3n) is 2.42. The van der Waals surface area contributed by atoms with Gasteiger partial charge in [0.1, 0.15) is 0 Å². The maximum absolute atomic E-state index is 8.72. The lowest BCUT2D eigenvalue weighted by Gasteiger charge is -2.28. The van der Waals surface area contributed by atoms with Crippen molar-refractivity contribution in [1.29, 1.82) is 5.26 Å². The summed E-state index contributed by atoms with van der Waals surface area (Å²) >= 11 is 0. The van der Waals surface area contributed by atoms with Crippen LogP contribution in [-0.4, -0.2) is 12.6 Å². The number of anilines is 1. The summed E-state index contributed by atoms with van der Waals surface area (Å²) in [4.78, 5) is 2.35. The van der Waals surface area contributed by atoms with E-state index in [0.29, 0.717) is 6.04 Å². The van der Waals surface area contributed by atoms with Crippen LogP contribution in [0, 0.1) is 11.3 Å². The van der Waals surface area contributed by atoms with Crippen molar-refractivity contribution in [2.45, 2.75) is 33.2 Å². The molecule has 0 heterocycles. The first-order valence-electron chi connectivity index (χ1n) is 5.45. The van der Waals surface area contributed by atoms with Gasteiger partial charge in [0, 0.05) is 18.3 Å². The number of nitriles is 1. The van der Waals surface area contributed by atoms with Crippen molar-refractivity contribution >= 4 is 5.69 Å². The van der Waals surface area contributed by atoms with Crippen molar-refractivity contribution in [3.63, 3.8) is 0 Å². The predicted octanol–water partition coefficient (Wildman–Crippen LogP) is 3.18. The monoisotopic (exact) mass is 202 g/mol. The molecule has 1 aromatic rings. The van der Waals surface area contributed by atoms with Crippen LogP contribution in [0.4, 0.5) is 5.69 Å². The lowest BCUT2D eigenvalue weighted by Crippen LogP contribution is -2.31. The third kappa shape index (κ3) is 2.99. The SMILES string of the molecule is CCCN(c1ccc(C#N)cc1)C(C)C. The summed E-state index contributed by atoms with van der Waals surface area (Å²) in [6.07, 6.45) is 1.14. The van der Waals surface area contributed by atoms with Crippen LogP contribution in [0.15, 0.2) is 24.3 Å². The van der Waals surface area contributed by atoms with Crippen molar-refractivity contribution in [2.75, 3.05) is 11.4 Å². The standard InChI is InChI=1S/C13H18N2/c1-4-9-15(11(2)3)13-7-5-12(10-14)6-8-13/h5-8,11H,4,9H2,1-3H3. The molecule has 0 atom stereocenters. The molecule has 2 heteroatoms. The van der Waals surface area contributed by atoms with Gasteiger partial charge >= 0.3 is 0 Å². The average Bonchev–Trinajstić information content (AvgIpc) is 2.26. The third-order valence-corrected chi connectivity index (χ3v) is 2.42. The first kappa shape index (κ1) is 11.6. The van der Waals surface area contributed by atoms with Gasteiger partial charge in [-0.15, -0.1) is 0 Å². The number of hydrogen-bond acceptors (Lipinski definition) is 2. The minimum atomic E-state index is 0.498. The van der Waals surface area contributed by atoms with E-state index in [2.05, 4.69) is 31.7 Å². The molecule has 80 valence electrons. The van der Waals surface area contributed by atoms with Gasteiger partial charge in [-0.3, -0.25) is 0 Å². The number of benzene rings is 1. The fourth-order valence-corrected chi connectivity index (χ4v) is 1.65. The first-order chi connectivity index (χ1) is 7.19. The molecule has 1 rings (SSSR count). The summed E-state index contributed by atoms with van der Waals surface area (Å²) in [6.45, 7) is 7.62. The van der Waals surface area contributed by atoms with Gasteiger partial charge in [-0.1, -0.05) is 6.92 Å². The Morgan fingerprint density at radius 1 is 1.27 bits per heavy atom. The summed E-state index contributed by atoms with van der Waals surface area (Å²) in [5.41, 5.74) is 1.92. The van der Waals surface area contributed by atoms with Gasteiger partial charge in [0.2, 0.25) is 0 Å². The molecular formula is C13H18N2. The highest BCUT2D eigenvalue weighted by Crippen LogP contribution is 2.17. The van der Waals surface area contributed by atoms with Gasteiger partial charge in [-0.05, 0) is 44.5 Å². The lowest BCUT2D eigenvalue weighted by molar-refractivity contribution is 0.671. The zero-order chi connectivity index (χ0) is 11.3. The minimum Gasteiger partial charge on any atom is -0.369 e.